The predicted octanol–water partition coefficient (Wildman–Crippen LogP) is 3.38. The second-order valence-corrected chi connectivity index (χ2v) is 11.9. The number of terminal acetylenes is 1. The number of allylic oxidation sites excluding steroid dienone is 2. The Morgan fingerprint density at radius 2 is 2.07 bits per heavy atom. The highest BCUT2D eigenvalue weighted by atomic mass is 19.1. The van der Waals surface area contributed by atoms with Crippen LogP contribution in [-0.2, 0) is 4.74 Å². The highest BCUT2D eigenvalue weighted by Gasteiger charge is 2.45. The number of hydrogen-bond donors (Lipinski definition) is 2. The number of aromatic hydroxyl groups is 1. The molecule has 4 aliphatic rings. The number of aromatic nitrogens is 3. The van der Waals surface area contributed by atoms with Gasteiger partial charge in [0, 0.05) is 55.8 Å². The molecule has 11 heteroatoms. The van der Waals surface area contributed by atoms with Gasteiger partial charge in [0.05, 0.1) is 25.9 Å². The van der Waals surface area contributed by atoms with Gasteiger partial charge in [-0.25, -0.2) is 9.37 Å². The van der Waals surface area contributed by atoms with E-state index in [2.05, 4.69) is 37.6 Å². The van der Waals surface area contributed by atoms with Crippen LogP contribution in [0, 0.1) is 23.6 Å². The van der Waals surface area contributed by atoms with Crippen LogP contribution in [0.4, 0.5) is 10.2 Å². The number of morpholine rings is 1. The zero-order valence-corrected chi connectivity index (χ0v) is 24.5. The Kier molecular flexibility index (Phi) is 7.58. The number of anilines is 1. The lowest BCUT2D eigenvalue weighted by atomic mass is 9.97. The van der Waals surface area contributed by atoms with E-state index in [0.717, 1.165) is 52.2 Å². The Morgan fingerprint density at radius 3 is 2.84 bits per heavy atom. The number of fused-ring (bicyclic) bond motifs is 2. The second-order valence-electron chi connectivity index (χ2n) is 11.9. The van der Waals surface area contributed by atoms with E-state index in [1.54, 1.807) is 18.2 Å². The molecule has 7 rings (SSSR count). The van der Waals surface area contributed by atoms with Crippen molar-refractivity contribution < 1.29 is 23.7 Å². The SMILES string of the molecule is C#Cc1c(/C=C\C=C)cc(O)cc1-c1nc2c3c(nc(OCC4(CN5CCOCC5)CC4)nc3c1F)N1CCNCC1CO2. The Labute approximate surface area is 255 Å². The fourth-order valence-corrected chi connectivity index (χ4v) is 6.30. The molecule has 3 fully saturated rings. The fourth-order valence-electron chi connectivity index (χ4n) is 6.30. The van der Waals surface area contributed by atoms with Gasteiger partial charge < -0.3 is 29.5 Å². The van der Waals surface area contributed by atoms with E-state index in [-0.39, 0.29) is 45.9 Å². The van der Waals surface area contributed by atoms with Crippen LogP contribution in [0.1, 0.15) is 24.0 Å². The molecule has 0 amide bonds. The van der Waals surface area contributed by atoms with Crippen molar-refractivity contribution in [2.75, 3.05) is 70.6 Å². The fraction of sp³-hybridized carbons (Fsp3) is 0.424. The molecule has 0 radical (unpaired) electrons. The van der Waals surface area contributed by atoms with Gasteiger partial charge in [-0.3, -0.25) is 4.90 Å². The van der Waals surface area contributed by atoms with Crippen LogP contribution >= 0.6 is 0 Å². The summed E-state index contributed by atoms with van der Waals surface area (Å²) in [6.45, 7) is 10.8. The van der Waals surface area contributed by atoms with Gasteiger partial charge in [0.1, 0.15) is 34.8 Å². The molecule has 0 spiro atoms. The molecule has 3 aromatic rings. The summed E-state index contributed by atoms with van der Waals surface area (Å²) in [5.74, 6) is 2.64. The zero-order valence-electron chi connectivity index (χ0n) is 24.5. The van der Waals surface area contributed by atoms with E-state index in [4.69, 9.17) is 25.6 Å². The molecule has 228 valence electrons. The molecular formula is C33H35FN6O4. The van der Waals surface area contributed by atoms with Gasteiger partial charge in [-0.15, -0.1) is 6.42 Å². The Morgan fingerprint density at radius 1 is 1.23 bits per heavy atom. The molecule has 1 saturated carbocycles. The highest BCUT2D eigenvalue weighted by Crippen LogP contribution is 2.47. The van der Waals surface area contributed by atoms with Gasteiger partial charge in [-0.05, 0) is 30.5 Å². The number of pyridine rings is 1. The van der Waals surface area contributed by atoms with Gasteiger partial charge >= 0.3 is 6.01 Å². The number of halogens is 1. The Hall–Kier alpha value is -4.24. The molecule has 1 unspecified atom stereocenters. The van der Waals surface area contributed by atoms with E-state index in [9.17, 15) is 5.11 Å². The van der Waals surface area contributed by atoms with Crippen LogP contribution in [0.15, 0.2) is 30.9 Å². The topological polar surface area (TPSA) is 105 Å². The molecule has 1 aromatic carbocycles. The summed E-state index contributed by atoms with van der Waals surface area (Å²) in [5, 5.41) is 14.4. The van der Waals surface area contributed by atoms with Gasteiger partial charge in [-0.2, -0.15) is 9.97 Å². The predicted molar refractivity (Wildman–Crippen MR) is 165 cm³/mol. The summed E-state index contributed by atoms with van der Waals surface area (Å²) in [6, 6.07) is 3.01. The molecule has 10 nitrogen and oxygen atoms in total. The molecule has 1 aliphatic carbocycles. The Balaban J connectivity index is 1.33. The number of phenolic OH excluding ortho intramolecular Hbond substituents is 1. The van der Waals surface area contributed by atoms with E-state index in [0.29, 0.717) is 48.6 Å². The minimum Gasteiger partial charge on any atom is -0.508 e. The normalized spacial score (nSPS) is 20.9. The first-order chi connectivity index (χ1) is 21.5. The second kappa shape index (κ2) is 11.7. The lowest BCUT2D eigenvalue weighted by molar-refractivity contribution is 0.0231. The molecule has 2 N–H and O–H groups in total. The van der Waals surface area contributed by atoms with E-state index < -0.39 is 5.82 Å². The molecule has 1 atom stereocenters. The van der Waals surface area contributed by atoms with Crippen molar-refractivity contribution in [2.45, 2.75) is 18.9 Å². The third kappa shape index (κ3) is 5.34. The maximum atomic E-state index is 16.7. The smallest absolute Gasteiger partial charge is 0.319 e. The molecule has 2 aromatic heterocycles. The van der Waals surface area contributed by atoms with Crippen LogP contribution in [0.25, 0.3) is 28.2 Å². The van der Waals surface area contributed by atoms with Crippen molar-refractivity contribution >= 4 is 22.8 Å². The van der Waals surface area contributed by atoms with Crippen molar-refractivity contribution in [3.05, 3.63) is 47.8 Å². The highest BCUT2D eigenvalue weighted by molar-refractivity contribution is 5.97. The van der Waals surface area contributed by atoms with Crippen molar-refractivity contribution in [2.24, 2.45) is 5.41 Å². The summed E-state index contributed by atoms with van der Waals surface area (Å²) in [5.41, 5.74) is 1.15. The van der Waals surface area contributed by atoms with Crippen LogP contribution in [-0.4, -0.2) is 96.7 Å². The maximum Gasteiger partial charge on any atom is 0.319 e. The molecule has 2 saturated heterocycles. The number of hydrogen-bond acceptors (Lipinski definition) is 10. The van der Waals surface area contributed by atoms with Crippen LogP contribution in [0.5, 0.6) is 17.6 Å². The Bertz CT molecular complexity index is 1680. The van der Waals surface area contributed by atoms with Gasteiger partial charge in [-0.1, -0.05) is 30.7 Å². The number of ether oxygens (including phenoxy) is 3. The lowest BCUT2D eigenvalue weighted by Gasteiger charge is -2.35. The van der Waals surface area contributed by atoms with Crippen LogP contribution < -0.4 is 19.7 Å². The largest absolute Gasteiger partial charge is 0.508 e. The molecule has 3 aliphatic heterocycles. The van der Waals surface area contributed by atoms with Crippen molar-refractivity contribution in [3.8, 4) is 41.2 Å². The lowest BCUT2D eigenvalue weighted by Crippen LogP contribution is -2.53. The monoisotopic (exact) mass is 598 g/mol. The first kappa shape index (κ1) is 28.5. The average molecular weight is 599 g/mol. The molecular weight excluding hydrogens is 563 g/mol. The van der Waals surface area contributed by atoms with E-state index in [1.165, 1.54) is 12.1 Å². The van der Waals surface area contributed by atoms with Gasteiger partial charge in [0.25, 0.3) is 0 Å². The first-order valence-corrected chi connectivity index (χ1v) is 15.1. The zero-order chi connectivity index (χ0) is 30.3. The van der Waals surface area contributed by atoms with Gasteiger partial charge in [0.2, 0.25) is 5.88 Å². The number of piperazine rings is 1. The number of phenols is 1. The molecule has 5 heterocycles. The quantitative estimate of drug-likeness (QED) is 0.296. The van der Waals surface area contributed by atoms with Crippen LogP contribution in [0.2, 0.25) is 0 Å². The number of nitrogens with zero attached hydrogens (tertiary/aromatic N) is 5. The van der Waals surface area contributed by atoms with Gasteiger partial charge in [0.15, 0.2) is 5.82 Å². The van der Waals surface area contributed by atoms with E-state index in [1.807, 2.05) is 0 Å². The summed E-state index contributed by atoms with van der Waals surface area (Å²) in [4.78, 5) is 18.7. The van der Waals surface area contributed by atoms with Crippen LogP contribution in [0.3, 0.4) is 0 Å². The van der Waals surface area contributed by atoms with Crippen molar-refractivity contribution in [1.29, 1.82) is 0 Å². The number of nitrogens with one attached hydrogen (secondary N) is 1. The van der Waals surface area contributed by atoms with Crippen molar-refractivity contribution in [3.63, 3.8) is 0 Å². The molecule has 44 heavy (non-hydrogen) atoms. The minimum atomic E-state index is -0.690. The third-order valence-electron chi connectivity index (χ3n) is 8.84. The summed E-state index contributed by atoms with van der Waals surface area (Å²) in [6.07, 6.45) is 13.0. The summed E-state index contributed by atoms with van der Waals surface area (Å²) in [7, 11) is 0. The van der Waals surface area contributed by atoms with E-state index >= 15 is 4.39 Å². The maximum absolute atomic E-state index is 16.7. The average Bonchev–Trinajstić information content (AvgIpc) is 3.83. The third-order valence-corrected chi connectivity index (χ3v) is 8.84. The minimum absolute atomic E-state index is 0.0240. The standard InChI is InChI=1S/C33H35FN6O4/c1-3-5-6-21-15-23(41)16-25(24(21)4-2)28-27(34)29-26-30(40-10-9-35-17-22(40)18-43-31(26)36-28)38-32(37-29)44-20-33(7-8-33)19-39-11-13-42-14-12-39/h2-3,5-6,15-16,22,35,41H,1,7-14,17-20H2/b6-5-. The number of benzene rings is 1. The van der Waals surface area contributed by atoms with Crippen molar-refractivity contribution in [1.82, 2.24) is 25.2 Å². The summed E-state index contributed by atoms with van der Waals surface area (Å²) >= 11 is 0. The number of rotatable bonds is 8. The molecule has 0 bridgehead atoms. The summed E-state index contributed by atoms with van der Waals surface area (Å²) < 4.78 is 34.8. The first-order valence-electron chi connectivity index (χ1n) is 15.1.